The van der Waals surface area contributed by atoms with Gasteiger partial charge in [-0.1, -0.05) is 13.3 Å². The van der Waals surface area contributed by atoms with Crippen LogP contribution >= 0.6 is 0 Å². The molecule has 1 aromatic heterocycles. The van der Waals surface area contributed by atoms with Gasteiger partial charge in [0.15, 0.2) is 0 Å². The third kappa shape index (κ3) is 1.61. The van der Waals surface area contributed by atoms with Crippen molar-refractivity contribution in [1.29, 1.82) is 0 Å². The smallest absolute Gasteiger partial charge is 0.240 e. The Bertz CT molecular complexity index is 310. The molecule has 1 atom stereocenters. The third-order valence-corrected chi connectivity index (χ3v) is 2.70. The summed E-state index contributed by atoms with van der Waals surface area (Å²) in [5.41, 5.74) is 7.57. The number of hydrogen-bond donors (Lipinski definition) is 1. The molecule has 0 amide bonds. The lowest BCUT2D eigenvalue weighted by Crippen LogP contribution is -2.18. The predicted octanol–water partition coefficient (Wildman–Crippen LogP) is 0.969. The molecular formula is C9H14N4. The molecule has 1 unspecified atom stereocenters. The largest absolute Gasteiger partial charge is 0.366 e. The number of nitrogens with zero attached hydrogens (tertiary/aromatic N) is 3. The third-order valence-electron chi connectivity index (χ3n) is 2.70. The average Bonchev–Trinajstić information content (AvgIpc) is 2.17. The Morgan fingerprint density at radius 3 is 3.00 bits per heavy atom. The summed E-state index contributed by atoms with van der Waals surface area (Å²) in [6.07, 6.45) is 4.45. The van der Waals surface area contributed by atoms with E-state index < -0.39 is 0 Å². The summed E-state index contributed by atoms with van der Waals surface area (Å²) in [6, 6.07) is 0. The van der Waals surface area contributed by atoms with Crippen molar-refractivity contribution in [2.24, 2.45) is 5.92 Å². The Morgan fingerprint density at radius 1 is 1.38 bits per heavy atom. The van der Waals surface area contributed by atoms with Crippen LogP contribution in [-0.2, 0) is 12.8 Å². The Kier molecular flexibility index (Phi) is 2.12. The van der Waals surface area contributed by atoms with Crippen LogP contribution in [0.2, 0.25) is 0 Å². The summed E-state index contributed by atoms with van der Waals surface area (Å²) in [7, 11) is 0. The lowest BCUT2D eigenvalue weighted by atomic mass is 9.88. The molecule has 2 N–H and O–H groups in total. The van der Waals surface area contributed by atoms with Crippen LogP contribution in [0.15, 0.2) is 0 Å². The van der Waals surface area contributed by atoms with Gasteiger partial charge in [-0.25, -0.2) is 4.98 Å². The second-order valence-corrected chi connectivity index (χ2v) is 3.58. The van der Waals surface area contributed by atoms with Crippen LogP contribution in [0, 0.1) is 5.92 Å². The number of aromatic nitrogens is 3. The second kappa shape index (κ2) is 3.28. The fourth-order valence-electron chi connectivity index (χ4n) is 1.82. The fraction of sp³-hybridized carbons (Fsp3) is 0.667. The van der Waals surface area contributed by atoms with Crippen molar-refractivity contribution in [2.45, 2.75) is 32.6 Å². The van der Waals surface area contributed by atoms with E-state index in [9.17, 15) is 0 Å². The number of rotatable bonds is 1. The Morgan fingerprint density at radius 2 is 2.23 bits per heavy atom. The van der Waals surface area contributed by atoms with Gasteiger partial charge in [0, 0.05) is 0 Å². The first kappa shape index (κ1) is 8.41. The number of fused-ring (bicyclic) bond motifs is 1. The SMILES string of the molecule is CCC1CCc2nc(N)nnc2C1. The van der Waals surface area contributed by atoms with Crippen LogP contribution in [0.5, 0.6) is 0 Å². The highest BCUT2D eigenvalue weighted by Gasteiger charge is 2.19. The number of nitrogen functional groups attached to an aromatic ring is 1. The minimum atomic E-state index is 0.300. The number of anilines is 1. The zero-order chi connectivity index (χ0) is 9.26. The summed E-state index contributed by atoms with van der Waals surface area (Å²) in [4.78, 5) is 4.19. The maximum absolute atomic E-state index is 5.46. The van der Waals surface area contributed by atoms with Crippen molar-refractivity contribution in [2.75, 3.05) is 5.73 Å². The number of aryl methyl sites for hydroxylation is 1. The second-order valence-electron chi connectivity index (χ2n) is 3.58. The lowest BCUT2D eigenvalue weighted by Gasteiger charge is -2.20. The van der Waals surface area contributed by atoms with Crippen molar-refractivity contribution in [3.8, 4) is 0 Å². The zero-order valence-corrected chi connectivity index (χ0v) is 7.82. The standard InChI is InChI=1S/C9H14N4/c1-2-6-3-4-7-8(5-6)12-13-9(10)11-7/h6H,2-5H2,1H3,(H2,10,11,13). The molecule has 4 nitrogen and oxygen atoms in total. The van der Waals surface area contributed by atoms with Gasteiger partial charge >= 0.3 is 0 Å². The molecule has 2 rings (SSSR count). The Labute approximate surface area is 77.6 Å². The van der Waals surface area contributed by atoms with Crippen molar-refractivity contribution in [1.82, 2.24) is 15.2 Å². The topological polar surface area (TPSA) is 64.7 Å². The molecule has 1 aliphatic carbocycles. The van der Waals surface area contributed by atoms with E-state index in [1.807, 2.05) is 0 Å². The lowest BCUT2D eigenvalue weighted by molar-refractivity contribution is 0.429. The highest BCUT2D eigenvalue weighted by Crippen LogP contribution is 2.24. The Hall–Kier alpha value is -1.19. The van der Waals surface area contributed by atoms with Gasteiger partial charge in [0.05, 0.1) is 11.4 Å². The first-order chi connectivity index (χ1) is 6.29. The molecule has 70 valence electrons. The molecule has 0 bridgehead atoms. The van der Waals surface area contributed by atoms with Crippen LogP contribution in [0.1, 0.15) is 31.2 Å². The van der Waals surface area contributed by atoms with Crippen molar-refractivity contribution >= 4 is 5.95 Å². The molecule has 4 heteroatoms. The summed E-state index contributed by atoms with van der Waals surface area (Å²) in [5.74, 6) is 1.06. The van der Waals surface area contributed by atoms with Crippen LogP contribution < -0.4 is 5.73 Å². The summed E-state index contributed by atoms with van der Waals surface area (Å²) in [6.45, 7) is 2.22. The van der Waals surface area contributed by atoms with Gasteiger partial charge in [-0.3, -0.25) is 0 Å². The van der Waals surface area contributed by atoms with E-state index >= 15 is 0 Å². The van der Waals surface area contributed by atoms with Gasteiger partial charge < -0.3 is 5.73 Å². The first-order valence-electron chi connectivity index (χ1n) is 4.77. The summed E-state index contributed by atoms with van der Waals surface area (Å²) >= 11 is 0. The van der Waals surface area contributed by atoms with Crippen molar-refractivity contribution in [3.63, 3.8) is 0 Å². The molecule has 1 aliphatic rings. The summed E-state index contributed by atoms with van der Waals surface area (Å²) < 4.78 is 0. The zero-order valence-electron chi connectivity index (χ0n) is 7.82. The van der Waals surface area contributed by atoms with Gasteiger partial charge in [-0.15, -0.1) is 10.2 Å². The van der Waals surface area contributed by atoms with Gasteiger partial charge in [0.25, 0.3) is 0 Å². The monoisotopic (exact) mass is 178 g/mol. The normalized spacial score (nSPS) is 21.2. The minimum absolute atomic E-state index is 0.300. The van der Waals surface area contributed by atoms with Gasteiger partial charge in [-0.05, 0) is 25.2 Å². The van der Waals surface area contributed by atoms with Gasteiger partial charge in [0.1, 0.15) is 0 Å². The van der Waals surface area contributed by atoms with E-state index in [1.54, 1.807) is 0 Å². The Balaban J connectivity index is 2.26. The van der Waals surface area contributed by atoms with E-state index in [1.165, 1.54) is 12.8 Å². The van der Waals surface area contributed by atoms with Gasteiger partial charge in [-0.2, -0.15) is 0 Å². The molecule has 13 heavy (non-hydrogen) atoms. The van der Waals surface area contributed by atoms with Crippen molar-refractivity contribution < 1.29 is 0 Å². The van der Waals surface area contributed by atoms with E-state index in [-0.39, 0.29) is 0 Å². The average molecular weight is 178 g/mol. The molecule has 0 fully saturated rings. The van der Waals surface area contributed by atoms with E-state index in [2.05, 4.69) is 22.1 Å². The fourth-order valence-corrected chi connectivity index (χ4v) is 1.82. The maximum atomic E-state index is 5.46. The highest BCUT2D eigenvalue weighted by molar-refractivity contribution is 5.21. The van der Waals surface area contributed by atoms with Crippen LogP contribution in [0.3, 0.4) is 0 Å². The molecule has 0 aromatic carbocycles. The minimum Gasteiger partial charge on any atom is -0.366 e. The summed E-state index contributed by atoms with van der Waals surface area (Å²) in [5, 5.41) is 7.86. The van der Waals surface area contributed by atoms with Crippen LogP contribution in [0.4, 0.5) is 5.95 Å². The molecule has 0 aliphatic heterocycles. The maximum Gasteiger partial charge on any atom is 0.240 e. The number of nitrogens with two attached hydrogens (primary N) is 1. The van der Waals surface area contributed by atoms with Crippen LogP contribution in [-0.4, -0.2) is 15.2 Å². The molecule has 0 saturated carbocycles. The van der Waals surface area contributed by atoms with Crippen molar-refractivity contribution in [3.05, 3.63) is 11.4 Å². The number of hydrogen-bond acceptors (Lipinski definition) is 4. The highest BCUT2D eigenvalue weighted by atomic mass is 15.2. The molecule has 0 radical (unpaired) electrons. The molecule has 0 spiro atoms. The van der Waals surface area contributed by atoms with Gasteiger partial charge in [0.2, 0.25) is 5.95 Å². The van der Waals surface area contributed by atoms with Crippen LogP contribution in [0.25, 0.3) is 0 Å². The quantitative estimate of drug-likeness (QED) is 0.696. The molecule has 1 heterocycles. The first-order valence-corrected chi connectivity index (χ1v) is 4.77. The van der Waals surface area contributed by atoms with E-state index in [4.69, 9.17) is 5.73 Å². The van der Waals surface area contributed by atoms with E-state index in [0.717, 1.165) is 30.1 Å². The van der Waals surface area contributed by atoms with E-state index in [0.29, 0.717) is 5.95 Å². The molecule has 1 aromatic rings. The molecular weight excluding hydrogens is 164 g/mol. The molecule has 0 saturated heterocycles. The predicted molar refractivity (Wildman–Crippen MR) is 50.0 cm³/mol.